The lowest BCUT2D eigenvalue weighted by molar-refractivity contribution is -0.137. The van der Waals surface area contributed by atoms with Crippen molar-refractivity contribution in [2.75, 3.05) is 5.32 Å². The molecule has 0 aliphatic carbocycles. The minimum absolute atomic E-state index is 0.235. The second kappa shape index (κ2) is 9.08. The van der Waals surface area contributed by atoms with E-state index in [2.05, 4.69) is 10.3 Å². The molecule has 4 nitrogen and oxygen atoms in total. The van der Waals surface area contributed by atoms with E-state index >= 15 is 0 Å². The standard InChI is InChI=1S/C26H17F3N2O2/c27-26(28,29)19-12-8-17(9-13-19)21-5-1-2-6-22(21)25(33)31-20-14-10-18(11-15-20)24(32)23-7-3-4-16-30-23/h1-16H,(H,31,33). The summed E-state index contributed by atoms with van der Waals surface area (Å²) in [6.45, 7) is 0. The lowest BCUT2D eigenvalue weighted by Crippen LogP contribution is -2.13. The van der Waals surface area contributed by atoms with Gasteiger partial charge in [0.2, 0.25) is 5.78 Å². The molecule has 3 aromatic carbocycles. The Labute approximate surface area is 187 Å². The van der Waals surface area contributed by atoms with Gasteiger partial charge >= 0.3 is 6.18 Å². The van der Waals surface area contributed by atoms with Crippen LogP contribution in [0.3, 0.4) is 0 Å². The third kappa shape index (κ3) is 4.98. The molecule has 0 atom stereocenters. The van der Waals surface area contributed by atoms with Crippen molar-refractivity contribution >= 4 is 17.4 Å². The SMILES string of the molecule is O=C(c1ccc(NC(=O)c2ccccc2-c2ccc(C(F)(F)F)cc2)cc1)c1ccccn1. The molecule has 0 radical (unpaired) electrons. The summed E-state index contributed by atoms with van der Waals surface area (Å²) in [6.07, 6.45) is -2.89. The highest BCUT2D eigenvalue weighted by Crippen LogP contribution is 2.32. The summed E-state index contributed by atoms with van der Waals surface area (Å²) in [5.41, 5.74) is 1.77. The fourth-order valence-corrected chi connectivity index (χ4v) is 3.32. The lowest BCUT2D eigenvalue weighted by atomic mass is 9.98. The van der Waals surface area contributed by atoms with Gasteiger partial charge in [-0.15, -0.1) is 0 Å². The molecule has 0 saturated carbocycles. The number of amides is 1. The van der Waals surface area contributed by atoms with E-state index in [0.717, 1.165) is 12.1 Å². The van der Waals surface area contributed by atoms with E-state index in [1.165, 1.54) is 18.3 Å². The Morgan fingerprint density at radius 3 is 2.06 bits per heavy atom. The van der Waals surface area contributed by atoms with Crippen LogP contribution in [0.1, 0.15) is 32.0 Å². The van der Waals surface area contributed by atoms with Crippen molar-refractivity contribution in [3.05, 3.63) is 120 Å². The second-order valence-electron chi connectivity index (χ2n) is 7.20. The van der Waals surface area contributed by atoms with Crippen molar-refractivity contribution in [3.63, 3.8) is 0 Å². The third-order valence-corrected chi connectivity index (χ3v) is 5.00. The molecule has 1 N–H and O–H groups in total. The van der Waals surface area contributed by atoms with Gasteiger partial charge in [-0.25, -0.2) is 0 Å². The predicted octanol–water partition coefficient (Wildman–Crippen LogP) is 6.25. The number of halogens is 3. The molecule has 0 bridgehead atoms. The zero-order valence-electron chi connectivity index (χ0n) is 17.1. The van der Waals surface area contributed by atoms with Gasteiger partial charge in [0, 0.05) is 23.0 Å². The van der Waals surface area contributed by atoms with Crippen LogP contribution in [0.4, 0.5) is 18.9 Å². The number of hydrogen-bond acceptors (Lipinski definition) is 3. The molecule has 4 aromatic rings. The topological polar surface area (TPSA) is 59.1 Å². The van der Waals surface area contributed by atoms with Gasteiger partial charge in [0.25, 0.3) is 5.91 Å². The number of anilines is 1. The van der Waals surface area contributed by atoms with Gasteiger partial charge in [0.05, 0.1) is 5.56 Å². The highest BCUT2D eigenvalue weighted by Gasteiger charge is 2.30. The van der Waals surface area contributed by atoms with Crippen molar-refractivity contribution in [2.45, 2.75) is 6.18 Å². The number of ketones is 1. The van der Waals surface area contributed by atoms with Crippen molar-refractivity contribution in [1.29, 1.82) is 0 Å². The molecule has 33 heavy (non-hydrogen) atoms. The van der Waals surface area contributed by atoms with E-state index in [9.17, 15) is 22.8 Å². The lowest BCUT2D eigenvalue weighted by Gasteiger charge is -2.12. The maximum absolute atomic E-state index is 12.9. The van der Waals surface area contributed by atoms with Gasteiger partial charge in [-0.1, -0.05) is 36.4 Å². The maximum atomic E-state index is 12.9. The van der Waals surface area contributed by atoms with Crippen molar-refractivity contribution in [3.8, 4) is 11.1 Å². The van der Waals surface area contributed by atoms with E-state index < -0.39 is 17.6 Å². The molecule has 164 valence electrons. The Kier molecular flexibility index (Phi) is 6.04. The van der Waals surface area contributed by atoms with Gasteiger partial charge in [-0.05, 0) is 65.7 Å². The quantitative estimate of drug-likeness (QED) is 0.369. The first-order valence-corrected chi connectivity index (χ1v) is 9.97. The number of alkyl halides is 3. The van der Waals surface area contributed by atoms with E-state index in [1.807, 2.05) is 0 Å². The minimum atomic E-state index is -4.43. The van der Waals surface area contributed by atoms with Gasteiger partial charge in [-0.3, -0.25) is 14.6 Å². The fraction of sp³-hybridized carbons (Fsp3) is 0.0385. The third-order valence-electron chi connectivity index (χ3n) is 5.00. The van der Waals surface area contributed by atoms with Crippen LogP contribution in [0, 0.1) is 0 Å². The van der Waals surface area contributed by atoms with Crippen LogP contribution in [0.2, 0.25) is 0 Å². The highest BCUT2D eigenvalue weighted by atomic mass is 19.4. The Morgan fingerprint density at radius 1 is 0.758 bits per heavy atom. The number of nitrogens with zero attached hydrogens (tertiary/aromatic N) is 1. The summed E-state index contributed by atoms with van der Waals surface area (Å²) in [5, 5.41) is 2.76. The number of rotatable bonds is 5. The average molecular weight is 446 g/mol. The molecule has 1 aromatic heterocycles. The smallest absolute Gasteiger partial charge is 0.322 e. The van der Waals surface area contributed by atoms with Crippen LogP contribution >= 0.6 is 0 Å². The fourth-order valence-electron chi connectivity index (χ4n) is 3.32. The second-order valence-corrected chi connectivity index (χ2v) is 7.20. The molecule has 4 rings (SSSR count). The zero-order valence-corrected chi connectivity index (χ0v) is 17.1. The molecule has 0 fully saturated rings. The van der Waals surface area contributed by atoms with Crippen molar-refractivity contribution < 1.29 is 22.8 Å². The molecular weight excluding hydrogens is 429 g/mol. The van der Waals surface area contributed by atoms with Crippen LogP contribution in [-0.4, -0.2) is 16.7 Å². The molecule has 1 amide bonds. The van der Waals surface area contributed by atoms with Crippen LogP contribution < -0.4 is 5.32 Å². The van der Waals surface area contributed by atoms with Crippen molar-refractivity contribution in [1.82, 2.24) is 4.98 Å². The summed E-state index contributed by atoms with van der Waals surface area (Å²) in [7, 11) is 0. The van der Waals surface area contributed by atoms with E-state index in [-0.39, 0.29) is 5.78 Å². The largest absolute Gasteiger partial charge is 0.416 e. The Balaban J connectivity index is 1.53. The number of carbonyl (C=O) groups is 2. The molecular formula is C26H17F3N2O2. The average Bonchev–Trinajstić information content (AvgIpc) is 2.84. The first-order chi connectivity index (χ1) is 15.8. The summed E-state index contributed by atoms with van der Waals surface area (Å²) < 4.78 is 38.6. The molecule has 0 unspecified atom stereocenters. The molecule has 0 saturated heterocycles. The molecule has 0 spiro atoms. The summed E-state index contributed by atoms with van der Waals surface area (Å²) in [4.78, 5) is 29.4. The monoisotopic (exact) mass is 446 g/mol. The maximum Gasteiger partial charge on any atom is 0.416 e. The number of benzene rings is 3. The number of nitrogens with one attached hydrogen (secondary N) is 1. The number of pyridine rings is 1. The summed E-state index contributed by atoms with van der Waals surface area (Å²) in [6, 6.07) is 22.8. The number of aromatic nitrogens is 1. The molecule has 0 aliphatic heterocycles. The molecule has 1 heterocycles. The zero-order chi connectivity index (χ0) is 23.4. The van der Waals surface area contributed by atoms with Gasteiger partial charge < -0.3 is 5.32 Å². The number of carbonyl (C=O) groups excluding carboxylic acids is 2. The van der Waals surface area contributed by atoms with Crippen LogP contribution in [0.25, 0.3) is 11.1 Å². The molecule has 0 aliphatic rings. The van der Waals surface area contributed by atoms with E-state index in [1.54, 1.807) is 66.7 Å². The van der Waals surface area contributed by atoms with Gasteiger partial charge in [-0.2, -0.15) is 13.2 Å². The molecule has 7 heteroatoms. The van der Waals surface area contributed by atoms with Crippen LogP contribution in [0.5, 0.6) is 0 Å². The van der Waals surface area contributed by atoms with Crippen molar-refractivity contribution in [2.24, 2.45) is 0 Å². The first kappa shape index (κ1) is 22.0. The van der Waals surface area contributed by atoms with Gasteiger partial charge in [0.1, 0.15) is 5.69 Å². The first-order valence-electron chi connectivity index (χ1n) is 9.97. The van der Waals surface area contributed by atoms with Crippen LogP contribution in [0.15, 0.2) is 97.2 Å². The van der Waals surface area contributed by atoms with Crippen LogP contribution in [-0.2, 0) is 6.18 Å². The number of hydrogen-bond donors (Lipinski definition) is 1. The van der Waals surface area contributed by atoms with E-state index in [4.69, 9.17) is 0 Å². The Hall–Kier alpha value is -4.26. The van der Waals surface area contributed by atoms with Gasteiger partial charge in [0.15, 0.2) is 0 Å². The Bertz CT molecular complexity index is 1280. The summed E-state index contributed by atoms with van der Waals surface area (Å²) >= 11 is 0. The minimum Gasteiger partial charge on any atom is -0.322 e. The highest BCUT2D eigenvalue weighted by molar-refractivity contribution is 6.10. The predicted molar refractivity (Wildman–Crippen MR) is 119 cm³/mol. The summed E-state index contributed by atoms with van der Waals surface area (Å²) in [5.74, 6) is -0.657. The normalized spacial score (nSPS) is 11.1. The Morgan fingerprint density at radius 2 is 1.42 bits per heavy atom. The van der Waals surface area contributed by atoms with E-state index in [0.29, 0.717) is 33.6 Å².